The monoisotopic (exact) mass is 431 g/mol. The molecule has 0 bridgehead atoms. The molecule has 1 heterocycles. The number of nitrogens with two attached hydrogens (primary N) is 1. The molecular formula is C16H15Cl2N3O5S. The normalized spacial score (nSPS) is 17.1. The van der Waals surface area contributed by atoms with Crippen molar-refractivity contribution in [1.82, 2.24) is 0 Å². The Balaban J connectivity index is 1.80. The number of nitrogens with zero attached hydrogens (tertiary/aromatic N) is 2. The molecule has 8 nitrogen and oxygen atoms in total. The summed E-state index contributed by atoms with van der Waals surface area (Å²) in [4.78, 5) is 12.2. The molecule has 11 heteroatoms. The van der Waals surface area contributed by atoms with E-state index >= 15 is 0 Å². The molecule has 144 valence electrons. The van der Waals surface area contributed by atoms with Crippen molar-refractivity contribution in [2.45, 2.75) is 17.4 Å². The third kappa shape index (κ3) is 4.44. The standard InChI is InChI=1S/C16H15Cl2N3O5S/c17-13-3-1-10(7-14(13)18)26-11-5-6-20(9-11)15-4-2-12(27(19,24)25)8-16(15)21(22)23/h1-4,7-8,11H,5-6,9H2,(H2,19,24,25). The molecule has 0 saturated carbocycles. The Morgan fingerprint density at radius 2 is 1.93 bits per heavy atom. The van der Waals surface area contributed by atoms with Crippen molar-refractivity contribution in [2.75, 3.05) is 18.0 Å². The molecule has 1 aliphatic heterocycles. The first-order chi connectivity index (χ1) is 12.6. The summed E-state index contributed by atoms with van der Waals surface area (Å²) in [6.07, 6.45) is 0.425. The van der Waals surface area contributed by atoms with Gasteiger partial charge in [-0.15, -0.1) is 0 Å². The van der Waals surface area contributed by atoms with Crippen LogP contribution in [0.4, 0.5) is 11.4 Å². The minimum Gasteiger partial charge on any atom is -0.488 e. The van der Waals surface area contributed by atoms with E-state index in [0.717, 1.165) is 6.07 Å². The number of halogens is 2. The number of hydrogen-bond acceptors (Lipinski definition) is 6. The van der Waals surface area contributed by atoms with E-state index in [1.807, 2.05) is 0 Å². The number of hydrogen-bond donors (Lipinski definition) is 1. The fourth-order valence-corrected chi connectivity index (χ4v) is 3.70. The zero-order chi connectivity index (χ0) is 19.8. The van der Waals surface area contributed by atoms with Crippen LogP contribution in [0.15, 0.2) is 41.3 Å². The van der Waals surface area contributed by atoms with Crippen molar-refractivity contribution >= 4 is 44.6 Å². The van der Waals surface area contributed by atoms with E-state index in [4.69, 9.17) is 33.1 Å². The summed E-state index contributed by atoms with van der Waals surface area (Å²) < 4.78 is 28.8. The first-order valence-corrected chi connectivity index (χ1v) is 10.1. The summed E-state index contributed by atoms with van der Waals surface area (Å²) in [5, 5.41) is 17.2. The fraction of sp³-hybridized carbons (Fsp3) is 0.250. The number of nitro benzene ring substituents is 1. The van der Waals surface area contributed by atoms with Gasteiger partial charge in [0.15, 0.2) is 0 Å². The van der Waals surface area contributed by atoms with Crippen LogP contribution in [0.5, 0.6) is 5.75 Å². The molecule has 1 aliphatic rings. The van der Waals surface area contributed by atoms with E-state index in [1.54, 1.807) is 23.1 Å². The lowest BCUT2D eigenvalue weighted by Gasteiger charge is -2.19. The van der Waals surface area contributed by atoms with Gasteiger partial charge in [-0.1, -0.05) is 23.2 Å². The highest BCUT2D eigenvalue weighted by molar-refractivity contribution is 7.89. The van der Waals surface area contributed by atoms with Crippen LogP contribution >= 0.6 is 23.2 Å². The molecular weight excluding hydrogens is 417 g/mol. The van der Waals surface area contributed by atoms with Gasteiger partial charge in [-0.05, 0) is 24.3 Å². The lowest BCUT2D eigenvalue weighted by atomic mass is 10.2. The van der Waals surface area contributed by atoms with Crippen LogP contribution in [0.25, 0.3) is 0 Å². The highest BCUT2D eigenvalue weighted by Gasteiger charge is 2.30. The second-order valence-corrected chi connectivity index (χ2v) is 8.38. The number of rotatable bonds is 5. The van der Waals surface area contributed by atoms with E-state index < -0.39 is 14.9 Å². The molecule has 0 radical (unpaired) electrons. The predicted molar refractivity (Wildman–Crippen MR) is 102 cm³/mol. The van der Waals surface area contributed by atoms with Gasteiger partial charge in [0.2, 0.25) is 10.0 Å². The summed E-state index contributed by atoms with van der Waals surface area (Å²) in [5.41, 5.74) is -0.00986. The van der Waals surface area contributed by atoms with Crippen LogP contribution in [0, 0.1) is 10.1 Å². The maximum absolute atomic E-state index is 11.4. The van der Waals surface area contributed by atoms with Crippen molar-refractivity contribution in [2.24, 2.45) is 5.14 Å². The number of anilines is 1. The minimum absolute atomic E-state index is 0.209. The molecule has 27 heavy (non-hydrogen) atoms. The molecule has 0 aliphatic carbocycles. The van der Waals surface area contributed by atoms with Crippen LogP contribution in [0.2, 0.25) is 10.0 Å². The molecule has 0 spiro atoms. The van der Waals surface area contributed by atoms with Crippen LogP contribution in [-0.4, -0.2) is 32.5 Å². The average molecular weight is 432 g/mol. The van der Waals surface area contributed by atoms with E-state index in [-0.39, 0.29) is 16.7 Å². The van der Waals surface area contributed by atoms with Gasteiger partial charge in [0.25, 0.3) is 5.69 Å². The van der Waals surface area contributed by atoms with Crippen molar-refractivity contribution in [1.29, 1.82) is 0 Å². The van der Waals surface area contributed by atoms with Gasteiger partial charge in [-0.2, -0.15) is 0 Å². The van der Waals surface area contributed by atoms with Gasteiger partial charge in [-0.25, -0.2) is 13.6 Å². The van der Waals surface area contributed by atoms with Gasteiger partial charge in [0.1, 0.15) is 17.5 Å². The number of primary sulfonamides is 1. The topological polar surface area (TPSA) is 116 Å². The molecule has 1 fully saturated rings. The maximum Gasteiger partial charge on any atom is 0.293 e. The minimum atomic E-state index is -4.03. The number of benzene rings is 2. The molecule has 3 rings (SSSR count). The lowest BCUT2D eigenvalue weighted by molar-refractivity contribution is -0.384. The summed E-state index contributed by atoms with van der Waals surface area (Å²) >= 11 is 11.9. The first-order valence-electron chi connectivity index (χ1n) is 7.83. The zero-order valence-electron chi connectivity index (χ0n) is 13.8. The predicted octanol–water partition coefficient (Wildman–Crippen LogP) is 3.21. The Kier molecular flexibility index (Phi) is 5.48. The Morgan fingerprint density at radius 1 is 1.19 bits per heavy atom. The second kappa shape index (κ2) is 7.51. The summed E-state index contributed by atoms with van der Waals surface area (Å²) in [6, 6.07) is 8.54. The Morgan fingerprint density at radius 3 is 2.56 bits per heavy atom. The summed E-state index contributed by atoms with van der Waals surface area (Å²) in [6.45, 7) is 0.914. The molecule has 2 aromatic rings. The molecule has 2 N–H and O–H groups in total. The molecule has 1 unspecified atom stereocenters. The number of ether oxygens (including phenoxy) is 1. The van der Waals surface area contributed by atoms with Crippen molar-refractivity contribution in [3.63, 3.8) is 0 Å². The van der Waals surface area contributed by atoms with Crippen molar-refractivity contribution in [3.05, 3.63) is 56.6 Å². The first kappa shape index (κ1) is 19.7. The summed E-state index contributed by atoms with van der Waals surface area (Å²) in [7, 11) is -4.03. The zero-order valence-corrected chi connectivity index (χ0v) is 16.2. The van der Waals surface area contributed by atoms with E-state index in [9.17, 15) is 18.5 Å². The Labute approximate surface area is 165 Å². The fourth-order valence-electron chi connectivity index (χ4n) is 2.88. The van der Waals surface area contributed by atoms with Gasteiger partial charge < -0.3 is 9.64 Å². The highest BCUT2D eigenvalue weighted by Crippen LogP contribution is 2.34. The molecule has 2 aromatic carbocycles. The smallest absolute Gasteiger partial charge is 0.293 e. The highest BCUT2D eigenvalue weighted by atomic mass is 35.5. The largest absolute Gasteiger partial charge is 0.488 e. The molecule has 1 saturated heterocycles. The van der Waals surface area contributed by atoms with Gasteiger partial charge >= 0.3 is 0 Å². The Bertz CT molecular complexity index is 1000. The molecule has 0 amide bonds. The lowest BCUT2D eigenvalue weighted by Crippen LogP contribution is -2.25. The molecule has 1 atom stereocenters. The van der Waals surface area contributed by atoms with Crippen molar-refractivity contribution in [3.8, 4) is 5.75 Å². The summed E-state index contributed by atoms with van der Waals surface area (Å²) in [5.74, 6) is 0.551. The van der Waals surface area contributed by atoms with Crippen LogP contribution in [0.1, 0.15) is 6.42 Å². The van der Waals surface area contributed by atoms with Gasteiger partial charge in [-0.3, -0.25) is 10.1 Å². The number of sulfonamides is 1. The number of nitro groups is 1. The van der Waals surface area contributed by atoms with Crippen molar-refractivity contribution < 1.29 is 18.1 Å². The van der Waals surface area contributed by atoms with E-state index in [2.05, 4.69) is 0 Å². The van der Waals surface area contributed by atoms with E-state index in [0.29, 0.717) is 41.0 Å². The van der Waals surface area contributed by atoms with Gasteiger partial charge in [0.05, 0.1) is 26.4 Å². The SMILES string of the molecule is NS(=O)(=O)c1ccc(N2CCC(Oc3ccc(Cl)c(Cl)c3)C2)c([N+](=O)[O-])c1. The van der Waals surface area contributed by atoms with Gasteiger partial charge in [0, 0.05) is 25.1 Å². The van der Waals surface area contributed by atoms with E-state index in [1.165, 1.54) is 12.1 Å². The average Bonchev–Trinajstić information content (AvgIpc) is 3.05. The second-order valence-electron chi connectivity index (χ2n) is 6.00. The van der Waals surface area contributed by atoms with Crippen LogP contribution < -0.4 is 14.8 Å². The van der Waals surface area contributed by atoms with Crippen LogP contribution in [0.3, 0.4) is 0 Å². The quantitative estimate of drug-likeness (QED) is 0.573. The maximum atomic E-state index is 11.4. The molecule has 0 aromatic heterocycles. The Hall–Kier alpha value is -2.07. The third-order valence-corrected chi connectivity index (χ3v) is 5.80. The third-order valence-electron chi connectivity index (χ3n) is 4.15. The van der Waals surface area contributed by atoms with Crippen LogP contribution in [-0.2, 0) is 10.0 Å².